The monoisotopic (exact) mass is 386 g/mol. The van der Waals surface area contributed by atoms with E-state index in [2.05, 4.69) is 17.4 Å². The first kappa shape index (κ1) is 19.6. The van der Waals surface area contributed by atoms with Gasteiger partial charge >= 0.3 is 0 Å². The summed E-state index contributed by atoms with van der Waals surface area (Å²) in [5.74, 6) is 0.0629. The molecule has 2 atom stereocenters. The van der Waals surface area contributed by atoms with Crippen molar-refractivity contribution in [2.24, 2.45) is 5.92 Å². The molecule has 0 bridgehead atoms. The minimum absolute atomic E-state index is 0.00149. The summed E-state index contributed by atoms with van der Waals surface area (Å²) in [7, 11) is 1.61. The van der Waals surface area contributed by atoms with Crippen LogP contribution in [0.25, 0.3) is 0 Å². The highest BCUT2D eigenvalue weighted by molar-refractivity contribution is 7.10. The predicted molar refractivity (Wildman–Crippen MR) is 107 cm³/mol. The number of carbonyl (C=O) groups excluding carboxylic acids is 2. The zero-order valence-corrected chi connectivity index (χ0v) is 16.4. The van der Waals surface area contributed by atoms with Gasteiger partial charge in [-0.1, -0.05) is 36.4 Å². The molecule has 5 nitrogen and oxygen atoms in total. The summed E-state index contributed by atoms with van der Waals surface area (Å²) < 4.78 is 5.01. The Labute approximate surface area is 164 Å². The third kappa shape index (κ3) is 5.40. The zero-order chi connectivity index (χ0) is 19.1. The van der Waals surface area contributed by atoms with Crippen molar-refractivity contribution < 1.29 is 14.3 Å². The largest absolute Gasteiger partial charge is 0.383 e. The van der Waals surface area contributed by atoms with Crippen LogP contribution >= 0.6 is 11.3 Å². The second-order valence-electron chi connectivity index (χ2n) is 6.88. The van der Waals surface area contributed by atoms with Crippen LogP contribution in [0.4, 0.5) is 0 Å². The second kappa shape index (κ2) is 9.67. The van der Waals surface area contributed by atoms with E-state index >= 15 is 0 Å². The van der Waals surface area contributed by atoms with Crippen LogP contribution in [0.5, 0.6) is 0 Å². The van der Waals surface area contributed by atoms with E-state index < -0.39 is 0 Å². The van der Waals surface area contributed by atoms with E-state index in [9.17, 15) is 9.59 Å². The maximum absolute atomic E-state index is 12.9. The number of rotatable bonds is 7. The standard InChI is InChI=1S/C21H26N2O3S/c1-26-10-9-22-21(25)18-12-17(16-6-3-2-4-7-16)14-23(15-18)20(24)13-19-8-5-11-27-19/h2-8,11,17-18H,9-10,12-15H2,1H3,(H,22,25). The molecule has 1 aliphatic heterocycles. The first-order valence-electron chi connectivity index (χ1n) is 9.29. The molecule has 27 heavy (non-hydrogen) atoms. The van der Waals surface area contributed by atoms with Crippen molar-refractivity contribution in [2.45, 2.75) is 18.8 Å². The summed E-state index contributed by atoms with van der Waals surface area (Å²) in [6, 6.07) is 14.1. The maximum atomic E-state index is 12.9. The topological polar surface area (TPSA) is 58.6 Å². The number of thiophene rings is 1. The molecule has 0 saturated carbocycles. The van der Waals surface area contributed by atoms with Crippen LogP contribution in [0.2, 0.25) is 0 Å². The normalized spacial score (nSPS) is 19.7. The van der Waals surface area contributed by atoms with Crippen molar-refractivity contribution in [2.75, 3.05) is 33.4 Å². The van der Waals surface area contributed by atoms with E-state index in [1.165, 1.54) is 5.56 Å². The van der Waals surface area contributed by atoms with E-state index in [4.69, 9.17) is 4.74 Å². The summed E-state index contributed by atoms with van der Waals surface area (Å²) in [6.45, 7) is 2.12. The Morgan fingerprint density at radius 2 is 2.00 bits per heavy atom. The highest BCUT2D eigenvalue weighted by Crippen LogP contribution is 2.31. The molecule has 1 saturated heterocycles. The smallest absolute Gasteiger partial charge is 0.227 e. The molecule has 0 radical (unpaired) electrons. The molecule has 1 fully saturated rings. The molecule has 144 valence electrons. The molecule has 1 aliphatic rings. The molecular formula is C21H26N2O3S. The van der Waals surface area contributed by atoms with Gasteiger partial charge in [-0.05, 0) is 23.4 Å². The van der Waals surface area contributed by atoms with Crippen LogP contribution < -0.4 is 5.32 Å². The van der Waals surface area contributed by atoms with Crippen LogP contribution in [-0.2, 0) is 20.7 Å². The molecule has 2 aromatic rings. The van der Waals surface area contributed by atoms with Crippen molar-refractivity contribution in [3.05, 3.63) is 58.3 Å². The molecule has 2 amide bonds. The number of nitrogens with one attached hydrogen (secondary N) is 1. The van der Waals surface area contributed by atoms with Gasteiger partial charge in [0.2, 0.25) is 11.8 Å². The third-order valence-corrected chi connectivity index (χ3v) is 5.83. The fraction of sp³-hybridized carbons (Fsp3) is 0.429. The lowest BCUT2D eigenvalue weighted by molar-refractivity contribution is -0.135. The van der Waals surface area contributed by atoms with E-state index in [0.717, 1.165) is 11.3 Å². The number of benzene rings is 1. The van der Waals surface area contributed by atoms with Gasteiger partial charge in [-0.2, -0.15) is 0 Å². The summed E-state index contributed by atoms with van der Waals surface area (Å²) >= 11 is 1.59. The van der Waals surface area contributed by atoms with E-state index in [1.807, 2.05) is 40.6 Å². The Hall–Kier alpha value is -2.18. The number of amides is 2. The van der Waals surface area contributed by atoms with Crippen LogP contribution in [0, 0.1) is 5.92 Å². The van der Waals surface area contributed by atoms with Gasteiger partial charge in [0.25, 0.3) is 0 Å². The number of nitrogens with zero attached hydrogens (tertiary/aromatic N) is 1. The molecule has 1 N–H and O–H groups in total. The van der Waals surface area contributed by atoms with Gasteiger partial charge in [0.1, 0.15) is 0 Å². The molecule has 1 aromatic carbocycles. The third-order valence-electron chi connectivity index (χ3n) is 4.96. The minimum Gasteiger partial charge on any atom is -0.383 e. The number of likely N-dealkylation sites (tertiary alicyclic amines) is 1. The predicted octanol–water partition coefficient (Wildman–Crippen LogP) is 2.69. The lowest BCUT2D eigenvalue weighted by Crippen LogP contribution is -2.48. The zero-order valence-electron chi connectivity index (χ0n) is 15.6. The van der Waals surface area contributed by atoms with Gasteiger partial charge in [-0.15, -0.1) is 11.3 Å². The van der Waals surface area contributed by atoms with Crippen molar-refractivity contribution >= 4 is 23.2 Å². The first-order valence-corrected chi connectivity index (χ1v) is 10.2. The molecule has 2 unspecified atom stereocenters. The summed E-state index contributed by atoms with van der Waals surface area (Å²) in [5, 5.41) is 4.91. The van der Waals surface area contributed by atoms with Gasteiger partial charge < -0.3 is 15.0 Å². The Morgan fingerprint density at radius 3 is 2.70 bits per heavy atom. The van der Waals surface area contributed by atoms with Crippen LogP contribution in [0.3, 0.4) is 0 Å². The van der Waals surface area contributed by atoms with Gasteiger partial charge in [-0.3, -0.25) is 9.59 Å². The Balaban J connectivity index is 1.72. The maximum Gasteiger partial charge on any atom is 0.227 e. The Morgan fingerprint density at radius 1 is 1.19 bits per heavy atom. The average molecular weight is 387 g/mol. The first-order chi connectivity index (χ1) is 13.2. The molecule has 0 aliphatic carbocycles. The van der Waals surface area contributed by atoms with Crippen molar-refractivity contribution in [3.8, 4) is 0 Å². The molecular weight excluding hydrogens is 360 g/mol. The Kier molecular flexibility index (Phi) is 7.01. The van der Waals surface area contributed by atoms with Crippen molar-refractivity contribution in [3.63, 3.8) is 0 Å². The SMILES string of the molecule is COCCNC(=O)C1CC(c2ccccc2)CN(C(=O)Cc2cccs2)C1. The van der Waals surface area contributed by atoms with E-state index in [1.54, 1.807) is 18.4 Å². The number of piperidine rings is 1. The van der Waals surface area contributed by atoms with Crippen molar-refractivity contribution in [1.29, 1.82) is 0 Å². The molecule has 3 rings (SSSR count). The molecule has 2 heterocycles. The molecule has 1 aromatic heterocycles. The van der Waals surface area contributed by atoms with E-state index in [-0.39, 0.29) is 23.7 Å². The van der Waals surface area contributed by atoms with Gasteiger partial charge in [0, 0.05) is 37.5 Å². The Bertz CT molecular complexity index is 733. The van der Waals surface area contributed by atoms with E-state index in [0.29, 0.717) is 32.7 Å². The van der Waals surface area contributed by atoms with Crippen LogP contribution in [0.1, 0.15) is 22.8 Å². The average Bonchev–Trinajstić information content (AvgIpc) is 3.21. The number of carbonyl (C=O) groups is 2. The number of ether oxygens (including phenoxy) is 1. The summed E-state index contributed by atoms with van der Waals surface area (Å²) in [6.07, 6.45) is 1.16. The quantitative estimate of drug-likeness (QED) is 0.745. The second-order valence-corrected chi connectivity index (χ2v) is 7.91. The summed E-state index contributed by atoms with van der Waals surface area (Å²) in [5.41, 5.74) is 1.18. The van der Waals surface area contributed by atoms with Crippen LogP contribution in [-0.4, -0.2) is 50.1 Å². The number of hydrogen-bond acceptors (Lipinski definition) is 4. The highest BCUT2D eigenvalue weighted by Gasteiger charge is 2.34. The lowest BCUT2D eigenvalue weighted by atomic mass is 9.84. The van der Waals surface area contributed by atoms with Gasteiger partial charge in [0.05, 0.1) is 18.9 Å². The van der Waals surface area contributed by atoms with Gasteiger partial charge in [0.15, 0.2) is 0 Å². The fourth-order valence-corrected chi connectivity index (χ4v) is 4.25. The van der Waals surface area contributed by atoms with Crippen LogP contribution in [0.15, 0.2) is 47.8 Å². The van der Waals surface area contributed by atoms with Crippen molar-refractivity contribution in [1.82, 2.24) is 10.2 Å². The lowest BCUT2D eigenvalue weighted by Gasteiger charge is -2.37. The highest BCUT2D eigenvalue weighted by atomic mass is 32.1. The molecule has 6 heteroatoms. The van der Waals surface area contributed by atoms with Gasteiger partial charge in [-0.25, -0.2) is 0 Å². The summed E-state index contributed by atoms with van der Waals surface area (Å²) in [4.78, 5) is 28.4. The number of methoxy groups -OCH3 is 1. The fourth-order valence-electron chi connectivity index (χ4n) is 3.55. The minimum atomic E-state index is -0.201. The number of hydrogen-bond donors (Lipinski definition) is 1. The molecule has 0 spiro atoms.